The van der Waals surface area contributed by atoms with E-state index < -0.39 is 0 Å². The fourth-order valence-electron chi connectivity index (χ4n) is 2.96. The van der Waals surface area contributed by atoms with E-state index >= 15 is 0 Å². The minimum absolute atomic E-state index is 0.672. The molecule has 2 unspecified atom stereocenters. The molecule has 18 heavy (non-hydrogen) atoms. The van der Waals surface area contributed by atoms with Gasteiger partial charge in [-0.2, -0.15) is 0 Å². The second-order valence-electron chi connectivity index (χ2n) is 5.71. The van der Waals surface area contributed by atoms with Gasteiger partial charge in [0.05, 0.1) is 0 Å². The van der Waals surface area contributed by atoms with E-state index in [1.165, 1.54) is 31.6 Å². The number of likely N-dealkylation sites (tertiary alicyclic amines) is 1. The maximum Gasteiger partial charge on any atom is 0.0361 e. The second kappa shape index (κ2) is 6.39. The zero-order valence-electron chi connectivity index (χ0n) is 12.0. The number of aryl methyl sites for hydroxylation is 1. The molecular formula is C15H27N3. The molecule has 0 spiro atoms. The topological polar surface area (TPSA) is 20.2 Å². The summed E-state index contributed by atoms with van der Waals surface area (Å²) in [5.41, 5.74) is 1.42. The van der Waals surface area contributed by atoms with Crippen LogP contribution in [0.5, 0.6) is 0 Å². The normalized spacial score (nSPS) is 25.5. The van der Waals surface area contributed by atoms with E-state index in [4.69, 9.17) is 0 Å². The van der Waals surface area contributed by atoms with E-state index in [1.54, 1.807) is 0 Å². The van der Waals surface area contributed by atoms with Crippen LogP contribution in [0.15, 0.2) is 18.3 Å². The second-order valence-corrected chi connectivity index (χ2v) is 5.71. The van der Waals surface area contributed by atoms with Crippen molar-refractivity contribution >= 4 is 0 Å². The van der Waals surface area contributed by atoms with Crippen molar-refractivity contribution in [3.8, 4) is 0 Å². The molecule has 3 heteroatoms. The zero-order valence-corrected chi connectivity index (χ0v) is 12.0. The van der Waals surface area contributed by atoms with Crippen molar-refractivity contribution < 1.29 is 0 Å². The Morgan fingerprint density at radius 1 is 1.44 bits per heavy atom. The Labute approximate surface area is 111 Å². The van der Waals surface area contributed by atoms with E-state index in [0.717, 1.165) is 19.0 Å². The highest BCUT2D eigenvalue weighted by Crippen LogP contribution is 2.16. The average Bonchev–Trinajstić information content (AvgIpc) is 2.76. The zero-order chi connectivity index (χ0) is 13.0. The first-order valence-corrected chi connectivity index (χ1v) is 7.26. The fraction of sp³-hybridized carbons (Fsp3) is 0.733. The summed E-state index contributed by atoms with van der Waals surface area (Å²) in [7, 11) is 2.22. The Kier molecular flexibility index (Phi) is 4.84. The Morgan fingerprint density at radius 2 is 2.28 bits per heavy atom. The van der Waals surface area contributed by atoms with E-state index in [-0.39, 0.29) is 0 Å². The molecular weight excluding hydrogens is 222 g/mol. The van der Waals surface area contributed by atoms with Gasteiger partial charge in [0.25, 0.3) is 0 Å². The Morgan fingerprint density at radius 3 is 3.00 bits per heavy atom. The van der Waals surface area contributed by atoms with Crippen molar-refractivity contribution in [3.63, 3.8) is 0 Å². The molecule has 1 aromatic heterocycles. The first-order valence-electron chi connectivity index (χ1n) is 7.26. The Balaban J connectivity index is 1.85. The van der Waals surface area contributed by atoms with Gasteiger partial charge in [0.1, 0.15) is 0 Å². The number of nitrogens with one attached hydrogen (secondary N) is 1. The van der Waals surface area contributed by atoms with Crippen LogP contribution in [0.25, 0.3) is 0 Å². The van der Waals surface area contributed by atoms with Crippen molar-refractivity contribution in [3.05, 3.63) is 24.0 Å². The quantitative estimate of drug-likeness (QED) is 0.864. The van der Waals surface area contributed by atoms with Crippen LogP contribution in [0.2, 0.25) is 0 Å². The largest absolute Gasteiger partial charge is 0.350 e. The van der Waals surface area contributed by atoms with Crippen LogP contribution in [0.4, 0.5) is 0 Å². The van der Waals surface area contributed by atoms with E-state index in [1.807, 2.05) is 0 Å². The number of piperidine rings is 1. The molecule has 2 rings (SSSR count). The number of hydrogen-bond donors (Lipinski definition) is 1. The standard InChI is InChI=1S/C15H27N3/c1-4-8-18-9-5-6-14(18)11-16-15-7-10-17(3)12-13(15)2/h5-6,9,13,15-16H,4,7-8,10-12H2,1-3H3. The highest BCUT2D eigenvalue weighted by molar-refractivity contribution is 5.07. The van der Waals surface area contributed by atoms with Crippen molar-refractivity contribution in [1.29, 1.82) is 0 Å². The van der Waals surface area contributed by atoms with Crippen LogP contribution < -0.4 is 5.32 Å². The van der Waals surface area contributed by atoms with Gasteiger partial charge in [0.2, 0.25) is 0 Å². The van der Waals surface area contributed by atoms with E-state index in [9.17, 15) is 0 Å². The van der Waals surface area contributed by atoms with E-state index in [0.29, 0.717) is 6.04 Å². The smallest absolute Gasteiger partial charge is 0.0361 e. The molecule has 2 atom stereocenters. The molecule has 1 N–H and O–H groups in total. The molecule has 0 aromatic carbocycles. The van der Waals surface area contributed by atoms with Crippen LogP contribution in [0, 0.1) is 5.92 Å². The maximum absolute atomic E-state index is 3.75. The summed E-state index contributed by atoms with van der Waals surface area (Å²) in [6.45, 7) is 9.17. The molecule has 1 saturated heterocycles. The third-order valence-electron chi connectivity index (χ3n) is 4.04. The minimum Gasteiger partial charge on any atom is -0.350 e. The highest BCUT2D eigenvalue weighted by atomic mass is 15.1. The van der Waals surface area contributed by atoms with Gasteiger partial charge in [-0.05, 0) is 44.5 Å². The summed E-state index contributed by atoms with van der Waals surface area (Å²) in [4.78, 5) is 2.43. The third kappa shape index (κ3) is 3.36. The number of hydrogen-bond acceptors (Lipinski definition) is 2. The van der Waals surface area contributed by atoms with Crippen LogP contribution in [-0.2, 0) is 13.1 Å². The lowest BCUT2D eigenvalue weighted by Crippen LogP contribution is -2.46. The van der Waals surface area contributed by atoms with Crippen LogP contribution in [-0.4, -0.2) is 35.6 Å². The first-order chi connectivity index (χ1) is 8.70. The number of rotatable bonds is 5. The molecule has 3 nitrogen and oxygen atoms in total. The number of nitrogens with zero attached hydrogens (tertiary/aromatic N) is 2. The summed E-state index contributed by atoms with van der Waals surface area (Å²) in [6.07, 6.45) is 4.66. The van der Waals surface area contributed by atoms with E-state index in [2.05, 4.69) is 54.0 Å². The predicted molar refractivity (Wildman–Crippen MR) is 76.6 cm³/mol. The lowest BCUT2D eigenvalue weighted by molar-refractivity contribution is 0.174. The maximum atomic E-state index is 3.75. The Bertz CT molecular complexity index is 358. The summed E-state index contributed by atoms with van der Waals surface area (Å²) in [5.74, 6) is 0.748. The minimum atomic E-state index is 0.672. The summed E-state index contributed by atoms with van der Waals surface area (Å²) >= 11 is 0. The lowest BCUT2D eigenvalue weighted by Gasteiger charge is -2.35. The molecule has 1 aliphatic rings. The predicted octanol–water partition coefficient (Wildman–Crippen LogP) is 2.33. The van der Waals surface area contributed by atoms with Gasteiger partial charge in [-0.25, -0.2) is 0 Å². The molecule has 102 valence electrons. The molecule has 0 radical (unpaired) electrons. The summed E-state index contributed by atoms with van der Waals surface area (Å²) in [6, 6.07) is 5.07. The molecule has 2 heterocycles. The molecule has 1 fully saturated rings. The van der Waals surface area contributed by atoms with Crippen LogP contribution in [0.3, 0.4) is 0 Å². The average molecular weight is 249 g/mol. The first kappa shape index (κ1) is 13.6. The van der Waals surface area contributed by atoms with Gasteiger partial charge in [-0.3, -0.25) is 0 Å². The third-order valence-corrected chi connectivity index (χ3v) is 4.04. The van der Waals surface area contributed by atoms with Gasteiger partial charge in [0.15, 0.2) is 0 Å². The molecule has 0 bridgehead atoms. The van der Waals surface area contributed by atoms with Gasteiger partial charge >= 0.3 is 0 Å². The highest BCUT2D eigenvalue weighted by Gasteiger charge is 2.23. The molecule has 0 saturated carbocycles. The van der Waals surface area contributed by atoms with Crippen molar-refractivity contribution in [2.24, 2.45) is 5.92 Å². The lowest BCUT2D eigenvalue weighted by atomic mass is 9.94. The molecule has 0 amide bonds. The molecule has 1 aliphatic heterocycles. The van der Waals surface area contributed by atoms with Gasteiger partial charge in [-0.15, -0.1) is 0 Å². The van der Waals surface area contributed by atoms with Gasteiger partial charge < -0.3 is 14.8 Å². The van der Waals surface area contributed by atoms with Crippen molar-refractivity contribution in [1.82, 2.24) is 14.8 Å². The molecule has 1 aromatic rings. The van der Waals surface area contributed by atoms with Crippen LogP contribution in [0.1, 0.15) is 32.4 Å². The van der Waals surface area contributed by atoms with Crippen molar-refractivity contribution in [2.75, 3.05) is 20.1 Å². The fourth-order valence-corrected chi connectivity index (χ4v) is 2.96. The summed E-state index contributed by atoms with van der Waals surface area (Å²) in [5, 5.41) is 3.75. The summed E-state index contributed by atoms with van der Waals surface area (Å²) < 4.78 is 2.37. The van der Waals surface area contributed by atoms with Gasteiger partial charge in [0, 0.05) is 37.6 Å². The van der Waals surface area contributed by atoms with Crippen molar-refractivity contribution in [2.45, 2.75) is 45.8 Å². The van der Waals surface area contributed by atoms with Crippen LogP contribution >= 0.6 is 0 Å². The number of aromatic nitrogens is 1. The SMILES string of the molecule is CCCn1cccc1CNC1CCN(C)CC1C. The molecule has 0 aliphatic carbocycles. The van der Waals surface area contributed by atoms with Gasteiger partial charge in [-0.1, -0.05) is 13.8 Å². The Hall–Kier alpha value is -0.800. The monoisotopic (exact) mass is 249 g/mol.